The van der Waals surface area contributed by atoms with Gasteiger partial charge in [0.25, 0.3) is 0 Å². The standard InChI is InChI=1S/C16H15NO/c18-11-13-5-1-2-8-14(13)15-9-3-6-12-7-4-10-17-16(12)15/h1-2,4-5,7-8,10-11,15H,3,6,9H2. The summed E-state index contributed by atoms with van der Waals surface area (Å²) in [5, 5.41) is 0. The van der Waals surface area contributed by atoms with E-state index in [0.717, 1.165) is 42.4 Å². The number of hydrogen-bond acceptors (Lipinski definition) is 2. The Balaban J connectivity index is 2.11. The van der Waals surface area contributed by atoms with E-state index in [9.17, 15) is 4.79 Å². The number of rotatable bonds is 2. The monoisotopic (exact) mass is 237 g/mol. The molecule has 2 heteroatoms. The van der Waals surface area contributed by atoms with Gasteiger partial charge in [0.1, 0.15) is 6.29 Å². The van der Waals surface area contributed by atoms with Crippen LogP contribution in [0.5, 0.6) is 0 Å². The molecule has 0 amide bonds. The molecule has 0 aliphatic heterocycles. The summed E-state index contributed by atoms with van der Waals surface area (Å²) in [6.07, 6.45) is 6.14. The van der Waals surface area contributed by atoms with Crippen LogP contribution in [0.3, 0.4) is 0 Å². The smallest absolute Gasteiger partial charge is 0.150 e. The van der Waals surface area contributed by atoms with E-state index in [0.29, 0.717) is 0 Å². The maximum Gasteiger partial charge on any atom is 0.150 e. The molecule has 1 atom stereocenters. The molecule has 1 aromatic carbocycles. The lowest BCUT2D eigenvalue weighted by Gasteiger charge is -2.25. The van der Waals surface area contributed by atoms with Crippen molar-refractivity contribution in [3.05, 3.63) is 65.0 Å². The number of pyridine rings is 1. The molecule has 2 nitrogen and oxygen atoms in total. The molecule has 1 aromatic heterocycles. The second-order valence-corrected chi connectivity index (χ2v) is 4.74. The van der Waals surface area contributed by atoms with Gasteiger partial charge in [-0.3, -0.25) is 9.78 Å². The zero-order valence-electron chi connectivity index (χ0n) is 10.2. The minimum absolute atomic E-state index is 0.274. The first-order chi connectivity index (χ1) is 8.90. The second-order valence-electron chi connectivity index (χ2n) is 4.74. The molecule has 0 fully saturated rings. The van der Waals surface area contributed by atoms with E-state index in [4.69, 9.17) is 0 Å². The Kier molecular flexibility index (Phi) is 2.93. The van der Waals surface area contributed by atoms with Gasteiger partial charge in [-0.1, -0.05) is 30.3 Å². The average Bonchev–Trinajstić information content (AvgIpc) is 2.46. The Labute approximate surface area is 107 Å². The molecule has 3 rings (SSSR count). The van der Waals surface area contributed by atoms with Crippen molar-refractivity contribution >= 4 is 6.29 Å². The van der Waals surface area contributed by atoms with E-state index in [1.807, 2.05) is 30.5 Å². The third-order valence-corrected chi connectivity index (χ3v) is 3.69. The van der Waals surface area contributed by atoms with Gasteiger partial charge < -0.3 is 0 Å². The van der Waals surface area contributed by atoms with Crippen molar-refractivity contribution in [3.8, 4) is 0 Å². The summed E-state index contributed by atoms with van der Waals surface area (Å²) in [4.78, 5) is 15.7. The number of benzene rings is 1. The number of carbonyl (C=O) groups is 1. The van der Waals surface area contributed by atoms with Gasteiger partial charge in [-0.25, -0.2) is 0 Å². The van der Waals surface area contributed by atoms with E-state index in [1.165, 1.54) is 5.56 Å². The minimum atomic E-state index is 0.274. The predicted octanol–water partition coefficient (Wildman–Crippen LogP) is 3.36. The predicted molar refractivity (Wildman–Crippen MR) is 70.8 cm³/mol. The fourth-order valence-corrected chi connectivity index (χ4v) is 2.85. The summed E-state index contributed by atoms with van der Waals surface area (Å²) in [7, 11) is 0. The Morgan fingerprint density at radius 1 is 1.17 bits per heavy atom. The molecule has 0 radical (unpaired) electrons. The number of carbonyl (C=O) groups excluding carboxylic acids is 1. The van der Waals surface area contributed by atoms with Crippen LogP contribution < -0.4 is 0 Å². The van der Waals surface area contributed by atoms with Crippen LogP contribution in [0, 0.1) is 0 Å². The molecule has 1 aliphatic carbocycles. The SMILES string of the molecule is O=Cc1ccccc1C1CCCc2cccnc21. The van der Waals surface area contributed by atoms with E-state index >= 15 is 0 Å². The van der Waals surface area contributed by atoms with Crippen LogP contribution in [0.1, 0.15) is 45.9 Å². The van der Waals surface area contributed by atoms with Gasteiger partial charge >= 0.3 is 0 Å². The zero-order chi connectivity index (χ0) is 12.4. The molecule has 0 spiro atoms. The van der Waals surface area contributed by atoms with Crippen molar-refractivity contribution < 1.29 is 4.79 Å². The molecule has 18 heavy (non-hydrogen) atoms. The fraction of sp³-hybridized carbons (Fsp3) is 0.250. The molecule has 0 saturated carbocycles. The van der Waals surface area contributed by atoms with E-state index < -0.39 is 0 Å². The van der Waals surface area contributed by atoms with E-state index in [1.54, 1.807) is 0 Å². The first kappa shape index (κ1) is 11.1. The molecular formula is C16H15NO. The maximum atomic E-state index is 11.2. The van der Waals surface area contributed by atoms with Crippen LogP contribution in [0.2, 0.25) is 0 Å². The molecule has 0 bridgehead atoms. The van der Waals surface area contributed by atoms with E-state index in [2.05, 4.69) is 17.1 Å². The van der Waals surface area contributed by atoms with Crippen molar-refractivity contribution in [1.82, 2.24) is 4.98 Å². The third-order valence-electron chi connectivity index (χ3n) is 3.69. The summed E-state index contributed by atoms with van der Waals surface area (Å²) >= 11 is 0. The topological polar surface area (TPSA) is 30.0 Å². The highest BCUT2D eigenvalue weighted by Gasteiger charge is 2.24. The highest BCUT2D eigenvalue weighted by atomic mass is 16.1. The lowest BCUT2D eigenvalue weighted by atomic mass is 9.80. The molecule has 2 aromatic rings. The molecule has 1 aliphatic rings. The van der Waals surface area contributed by atoms with Gasteiger partial charge in [0.2, 0.25) is 0 Å². The Bertz CT molecular complexity index is 577. The van der Waals surface area contributed by atoms with Crippen LogP contribution in [0.4, 0.5) is 0 Å². The van der Waals surface area contributed by atoms with Gasteiger partial charge in [-0.05, 0) is 36.5 Å². The highest BCUT2D eigenvalue weighted by molar-refractivity contribution is 5.78. The fourth-order valence-electron chi connectivity index (χ4n) is 2.85. The van der Waals surface area contributed by atoms with Gasteiger partial charge in [0, 0.05) is 17.7 Å². The van der Waals surface area contributed by atoms with E-state index in [-0.39, 0.29) is 5.92 Å². The lowest BCUT2D eigenvalue weighted by Crippen LogP contribution is -2.14. The second kappa shape index (κ2) is 4.73. The number of fused-ring (bicyclic) bond motifs is 1. The number of aromatic nitrogens is 1. The number of hydrogen-bond donors (Lipinski definition) is 0. The molecule has 1 heterocycles. The Morgan fingerprint density at radius 2 is 2.06 bits per heavy atom. The highest BCUT2D eigenvalue weighted by Crippen LogP contribution is 2.36. The van der Waals surface area contributed by atoms with Crippen LogP contribution in [0.15, 0.2) is 42.6 Å². The van der Waals surface area contributed by atoms with Crippen molar-refractivity contribution in [2.45, 2.75) is 25.2 Å². The molecule has 0 N–H and O–H groups in total. The van der Waals surface area contributed by atoms with Gasteiger partial charge in [-0.2, -0.15) is 0 Å². The average molecular weight is 237 g/mol. The summed E-state index contributed by atoms with van der Waals surface area (Å²) < 4.78 is 0. The minimum Gasteiger partial charge on any atom is -0.298 e. The zero-order valence-corrected chi connectivity index (χ0v) is 10.2. The largest absolute Gasteiger partial charge is 0.298 e. The van der Waals surface area contributed by atoms with Crippen LogP contribution in [-0.4, -0.2) is 11.3 Å². The summed E-state index contributed by atoms with van der Waals surface area (Å²) in [5.41, 5.74) is 4.39. The normalized spacial score (nSPS) is 18.1. The van der Waals surface area contributed by atoms with Crippen molar-refractivity contribution in [2.24, 2.45) is 0 Å². The Hall–Kier alpha value is -1.96. The van der Waals surface area contributed by atoms with Crippen LogP contribution in [0.25, 0.3) is 0 Å². The number of aldehydes is 1. The van der Waals surface area contributed by atoms with Crippen molar-refractivity contribution in [3.63, 3.8) is 0 Å². The van der Waals surface area contributed by atoms with Crippen LogP contribution in [-0.2, 0) is 6.42 Å². The first-order valence-corrected chi connectivity index (χ1v) is 6.38. The van der Waals surface area contributed by atoms with Gasteiger partial charge in [0.05, 0.1) is 5.69 Å². The molecule has 1 unspecified atom stereocenters. The maximum absolute atomic E-state index is 11.2. The van der Waals surface area contributed by atoms with Gasteiger partial charge in [0.15, 0.2) is 0 Å². The summed E-state index contributed by atoms with van der Waals surface area (Å²) in [6, 6.07) is 12.0. The van der Waals surface area contributed by atoms with Crippen molar-refractivity contribution in [2.75, 3.05) is 0 Å². The number of nitrogens with zero attached hydrogens (tertiary/aromatic N) is 1. The third kappa shape index (κ3) is 1.84. The summed E-state index contributed by atoms with van der Waals surface area (Å²) in [5.74, 6) is 0.274. The van der Waals surface area contributed by atoms with Crippen LogP contribution >= 0.6 is 0 Å². The Morgan fingerprint density at radius 3 is 2.94 bits per heavy atom. The number of aryl methyl sites for hydroxylation is 1. The first-order valence-electron chi connectivity index (χ1n) is 6.38. The van der Waals surface area contributed by atoms with Gasteiger partial charge in [-0.15, -0.1) is 0 Å². The quantitative estimate of drug-likeness (QED) is 0.750. The summed E-state index contributed by atoms with van der Waals surface area (Å²) in [6.45, 7) is 0. The molecule has 90 valence electrons. The molecule has 0 saturated heterocycles. The van der Waals surface area contributed by atoms with Crippen molar-refractivity contribution in [1.29, 1.82) is 0 Å². The lowest BCUT2D eigenvalue weighted by molar-refractivity contribution is 0.112. The molecular weight excluding hydrogens is 222 g/mol.